The van der Waals surface area contributed by atoms with Crippen molar-refractivity contribution < 1.29 is 27.2 Å². The van der Waals surface area contributed by atoms with Gasteiger partial charge < -0.3 is 10.6 Å². The average Bonchev–Trinajstić information content (AvgIpc) is 2.94. The Kier molecular flexibility index (Phi) is 9.28. The summed E-state index contributed by atoms with van der Waals surface area (Å²) in [6.07, 6.45) is -0.751. The van der Waals surface area contributed by atoms with Crippen LogP contribution in [0.2, 0.25) is 0 Å². The van der Waals surface area contributed by atoms with Crippen LogP contribution >= 0.6 is 0 Å². The molecule has 0 saturated heterocycles. The molecule has 41 heavy (non-hydrogen) atoms. The van der Waals surface area contributed by atoms with Crippen LogP contribution in [0.25, 0.3) is 11.1 Å². The van der Waals surface area contributed by atoms with E-state index >= 15 is 0 Å². The highest BCUT2D eigenvalue weighted by Crippen LogP contribution is 2.34. The molecule has 0 spiro atoms. The van der Waals surface area contributed by atoms with Crippen LogP contribution in [0.15, 0.2) is 66.7 Å². The molecular formula is C31H30F4N4O2. The summed E-state index contributed by atoms with van der Waals surface area (Å²) < 4.78 is 53.5. The summed E-state index contributed by atoms with van der Waals surface area (Å²) in [6, 6.07) is 18.0. The summed E-state index contributed by atoms with van der Waals surface area (Å²) in [5, 5.41) is 14.7. The summed E-state index contributed by atoms with van der Waals surface area (Å²) >= 11 is 0. The molecule has 0 heterocycles. The van der Waals surface area contributed by atoms with Gasteiger partial charge in [-0.1, -0.05) is 37.1 Å². The Morgan fingerprint density at radius 2 is 1.78 bits per heavy atom. The molecule has 0 bridgehead atoms. The SMILES string of the molecule is CC(=O)NC1CCCC(CCN(C(=O)Nc2ccc(F)c(C(F)(F)F)c2)c2ccc(-c3cccc(C#N)c3)cc2)C1. The van der Waals surface area contributed by atoms with Gasteiger partial charge in [-0.3, -0.25) is 9.69 Å². The average molecular weight is 567 g/mol. The fraction of sp³-hybridized carbons (Fsp3) is 0.323. The van der Waals surface area contributed by atoms with Gasteiger partial charge in [0.05, 0.1) is 17.2 Å². The number of carbonyl (C=O) groups is 2. The van der Waals surface area contributed by atoms with Crippen LogP contribution in [0.1, 0.15) is 50.2 Å². The van der Waals surface area contributed by atoms with Crippen molar-refractivity contribution in [3.63, 3.8) is 0 Å². The molecule has 2 unspecified atom stereocenters. The molecule has 214 valence electrons. The standard InChI is InChI=1S/C31H30F4N4O2/c1-20(40)37-25-7-3-4-21(17-25)14-15-39(30(41)38-26-10-13-29(32)28(18-26)31(33,34)35)27-11-8-23(9-12-27)24-6-2-5-22(16-24)19-36/h2,5-6,8-13,16,18,21,25H,3-4,7,14-15,17H2,1H3,(H,37,40)(H,38,41). The molecule has 2 atom stereocenters. The second-order valence-electron chi connectivity index (χ2n) is 10.2. The largest absolute Gasteiger partial charge is 0.419 e. The maximum Gasteiger partial charge on any atom is 0.419 e. The van der Waals surface area contributed by atoms with Gasteiger partial charge in [-0.2, -0.15) is 18.4 Å². The maximum atomic E-state index is 13.8. The number of rotatable bonds is 7. The molecule has 1 aliphatic carbocycles. The predicted octanol–water partition coefficient (Wildman–Crippen LogP) is 7.51. The van der Waals surface area contributed by atoms with E-state index in [4.69, 9.17) is 0 Å². The molecule has 10 heteroatoms. The Bertz CT molecular complexity index is 1430. The quantitative estimate of drug-likeness (QED) is 0.290. The van der Waals surface area contributed by atoms with E-state index in [9.17, 15) is 32.4 Å². The number of halogens is 4. The fourth-order valence-electron chi connectivity index (χ4n) is 5.24. The van der Waals surface area contributed by atoms with Gasteiger partial charge in [0.25, 0.3) is 0 Å². The number of anilines is 2. The highest BCUT2D eigenvalue weighted by Gasteiger charge is 2.34. The van der Waals surface area contributed by atoms with Gasteiger partial charge in [0.2, 0.25) is 5.91 Å². The molecule has 0 aliphatic heterocycles. The molecule has 3 aromatic carbocycles. The summed E-state index contributed by atoms with van der Waals surface area (Å²) in [6.45, 7) is 1.76. The van der Waals surface area contributed by atoms with E-state index in [1.165, 1.54) is 11.8 Å². The van der Waals surface area contributed by atoms with Crippen molar-refractivity contribution in [3.8, 4) is 17.2 Å². The molecule has 2 N–H and O–H groups in total. The lowest BCUT2D eigenvalue weighted by molar-refractivity contribution is -0.140. The first-order valence-corrected chi connectivity index (χ1v) is 13.4. The number of nitrogens with one attached hydrogen (secondary N) is 2. The van der Waals surface area contributed by atoms with E-state index in [2.05, 4.69) is 16.7 Å². The number of amides is 3. The molecule has 1 aliphatic rings. The van der Waals surface area contributed by atoms with Gasteiger partial charge in [0.15, 0.2) is 0 Å². The maximum absolute atomic E-state index is 13.8. The Labute approximate surface area is 236 Å². The minimum Gasteiger partial charge on any atom is -0.354 e. The molecule has 0 radical (unpaired) electrons. The van der Waals surface area contributed by atoms with Crippen LogP contribution in [0.5, 0.6) is 0 Å². The Balaban J connectivity index is 1.56. The zero-order valence-electron chi connectivity index (χ0n) is 22.5. The third-order valence-electron chi connectivity index (χ3n) is 7.22. The molecule has 1 saturated carbocycles. The number of benzene rings is 3. The highest BCUT2D eigenvalue weighted by atomic mass is 19.4. The minimum atomic E-state index is -4.91. The van der Waals surface area contributed by atoms with Crippen LogP contribution in [-0.2, 0) is 11.0 Å². The summed E-state index contributed by atoms with van der Waals surface area (Å²) in [5.74, 6) is -1.27. The van der Waals surface area contributed by atoms with Crippen molar-refractivity contribution in [1.82, 2.24) is 5.32 Å². The number of hydrogen-bond acceptors (Lipinski definition) is 3. The van der Waals surface area contributed by atoms with E-state index in [-0.39, 0.29) is 30.1 Å². The Morgan fingerprint density at radius 3 is 2.46 bits per heavy atom. The van der Waals surface area contributed by atoms with Crippen LogP contribution in [-0.4, -0.2) is 24.5 Å². The van der Waals surface area contributed by atoms with E-state index < -0.39 is 23.6 Å². The van der Waals surface area contributed by atoms with E-state index in [1.54, 1.807) is 42.5 Å². The number of alkyl halides is 3. The van der Waals surface area contributed by atoms with Crippen LogP contribution in [0.3, 0.4) is 0 Å². The zero-order valence-corrected chi connectivity index (χ0v) is 22.5. The first-order valence-electron chi connectivity index (χ1n) is 13.4. The van der Waals surface area contributed by atoms with Crippen molar-refractivity contribution in [1.29, 1.82) is 5.26 Å². The molecule has 0 aromatic heterocycles. The van der Waals surface area contributed by atoms with E-state index in [0.717, 1.165) is 42.9 Å². The van der Waals surface area contributed by atoms with Crippen molar-refractivity contribution >= 4 is 23.3 Å². The van der Waals surface area contributed by atoms with Crippen molar-refractivity contribution in [2.45, 2.75) is 51.2 Å². The molecule has 3 amide bonds. The summed E-state index contributed by atoms with van der Waals surface area (Å²) in [7, 11) is 0. The molecule has 6 nitrogen and oxygen atoms in total. The van der Waals surface area contributed by atoms with Crippen LogP contribution in [0, 0.1) is 23.1 Å². The number of carbonyl (C=O) groups excluding carboxylic acids is 2. The lowest BCUT2D eigenvalue weighted by atomic mass is 9.83. The summed E-state index contributed by atoms with van der Waals surface area (Å²) in [5.41, 5.74) is 1.04. The predicted molar refractivity (Wildman–Crippen MR) is 149 cm³/mol. The number of hydrogen-bond donors (Lipinski definition) is 2. The number of nitriles is 1. The number of urea groups is 1. The highest BCUT2D eigenvalue weighted by molar-refractivity contribution is 6.02. The van der Waals surface area contributed by atoms with Gasteiger partial charge in [0, 0.05) is 30.9 Å². The Morgan fingerprint density at radius 1 is 1.02 bits per heavy atom. The normalized spacial score (nSPS) is 16.9. The third-order valence-corrected chi connectivity index (χ3v) is 7.22. The molecule has 4 rings (SSSR count). The molecule has 1 fully saturated rings. The van der Waals surface area contributed by atoms with Gasteiger partial charge in [-0.25, -0.2) is 9.18 Å². The van der Waals surface area contributed by atoms with Crippen LogP contribution in [0.4, 0.5) is 33.7 Å². The fourth-order valence-corrected chi connectivity index (χ4v) is 5.24. The first-order chi connectivity index (χ1) is 19.5. The molecule has 3 aromatic rings. The smallest absolute Gasteiger partial charge is 0.354 e. The topological polar surface area (TPSA) is 85.2 Å². The van der Waals surface area contributed by atoms with Crippen molar-refractivity contribution in [2.24, 2.45) is 5.92 Å². The monoisotopic (exact) mass is 566 g/mol. The molecular weight excluding hydrogens is 536 g/mol. The van der Waals surface area contributed by atoms with Crippen molar-refractivity contribution in [2.75, 3.05) is 16.8 Å². The van der Waals surface area contributed by atoms with E-state index in [1.807, 2.05) is 6.07 Å². The lowest BCUT2D eigenvalue weighted by Gasteiger charge is -2.31. The number of nitrogens with zero attached hydrogens (tertiary/aromatic N) is 2. The zero-order chi connectivity index (χ0) is 29.6. The third kappa shape index (κ3) is 7.84. The first kappa shape index (κ1) is 29.6. The van der Waals surface area contributed by atoms with Crippen LogP contribution < -0.4 is 15.5 Å². The minimum absolute atomic E-state index is 0.0667. The second kappa shape index (κ2) is 12.9. The van der Waals surface area contributed by atoms with E-state index in [0.29, 0.717) is 29.8 Å². The Hall–Kier alpha value is -4.39. The lowest BCUT2D eigenvalue weighted by Crippen LogP contribution is -2.39. The van der Waals surface area contributed by atoms with Crippen molar-refractivity contribution in [3.05, 3.63) is 83.7 Å². The summed E-state index contributed by atoms with van der Waals surface area (Å²) in [4.78, 5) is 26.4. The van der Waals surface area contributed by atoms with Gasteiger partial charge in [-0.05, 0) is 78.8 Å². The second-order valence-corrected chi connectivity index (χ2v) is 10.2. The van der Waals surface area contributed by atoms with Gasteiger partial charge >= 0.3 is 12.2 Å². The van der Waals surface area contributed by atoms with Gasteiger partial charge in [-0.15, -0.1) is 0 Å². The van der Waals surface area contributed by atoms with Gasteiger partial charge in [0.1, 0.15) is 5.82 Å².